The molecule has 6 nitrogen and oxygen atoms in total. The van der Waals surface area contributed by atoms with E-state index >= 15 is 0 Å². The summed E-state index contributed by atoms with van der Waals surface area (Å²) in [5, 5.41) is 6.32. The maximum atomic E-state index is 5.73. The molecule has 0 radical (unpaired) electrons. The SMILES string of the molecule is CNc1ncc(C(C=NC2CCNCC2)=CN)cc1OC. The number of hydrogen-bond acceptors (Lipinski definition) is 6. The highest BCUT2D eigenvalue weighted by Gasteiger charge is 2.11. The summed E-state index contributed by atoms with van der Waals surface area (Å²) in [6, 6.07) is 2.28. The second kappa shape index (κ2) is 7.64. The molecule has 0 saturated carbocycles. The molecule has 4 N–H and O–H groups in total. The summed E-state index contributed by atoms with van der Waals surface area (Å²) in [5.74, 6) is 1.39. The Morgan fingerprint density at radius 3 is 2.90 bits per heavy atom. The van der Waals surface area contributed by atoms with E-state index in [4.69, 9.17) is 10.5 Å². The van der Waals surface area contributed by atoms with Crippen LogP contribution in [0, 0.1) is 0 Å². The number of aliphatic imine (C=N–C) groups is 1. The Morgan fingerprint density at radius 1 is 1.52 bits per heavy atom. The van der Waals surface area contributed by atoms with Crippen molar-refractivity contribution in [3.8, 4) is 5.75 Å². The van der Waals surface area contributed by atoms with Gasteiger partial charge in [0.2, 0.25) is 0 Å². The molecular weight excluding hydrogens is 266 g/mol. The van der Waals surface area contributed by atoms with Gasteiger partial charge in [0.1, 0.15) is 0 Å². The van der Waals surface area contributed by atoms with Crippen LogP contribution in [0.4, 0.5) is 5.82 Å². The minimum Gasteiger partial charge on any atom is -0.493 e. The topological polar surface area (TPSA) is 84.6 Å². The van der Waals surface area contributed by atoms with E-state index in [0.29, 0.717) is 17.6 Å². The quantitative estimate of drug-likeness (QED) is 0.711. The average Bonchev–Trinajstić information content (AvgIpc) is 2.56. The van der Waals surface area contributed by atoms with Crippen LogP contribution in [0.5, 0.6) is 5.75 Å². The van der Waals surface area contributed by atoms with Crippen molar-refractivity contribution in [3.05, 3.63) is 24.0 Å². The molecule has 0 aliphatic carbocycles. The van der Waals surface area contributed by atoms with E-state index in [-0.39, 0.29) is 0 Å². The third kappa shape index (κ3) is 3.95. The maximum Gasteiger partial charge on any atom is 0.168 e. The molecule has 1 aromatic heterocycles. The van der Waals surface area contributed by atoms with Crippen LogP contribution >= 0.6 is 0 Å². The lowest BCUT2D eigenvalue weighted by atomic mass is 10.1. The largest absolute Gasteiger partial charge is 0.493 e. The molecular formula is C15H23N5O. The second-order valence-electron chi connectivity index (χ2n) is 4.91. The normalized spacial score (nSPS) is 17.1. The number of ether oxygens (including phenoxy) is 1. The molecule has 6 heteroatoms. The Hall–Kier alpha value is -2.08. The number of pyridine rings is 1. The van der Waals surface area contributed by atoms with Gasteiger partial charge in [-0.15, -0.1) is 0 Å². The number of nitrogens with zero attached hydrogens (tertiary/aromatic N) is 2. The predicted octanol–water partition coefficient (Wildman–Crippen LogP) is 1.25. The number of nitrogens with one attached hydrogen (secondary N) is 2. The molecule has 1 aliphatic rings. The minimum absolute atomic E-state index is 0.368. The fourth-order valence-electron chi connectivity index (χ4n) is 2.30. The Labute approximate surface area is 125 Å². The van der Waals surface area contributed by atoms with Gasteiger partial charge >= 0.3 is 0 Å². The molecule has 1 saturated heterocycles. The van der Waals surface area contributed by atoms with E-state index in [1.54, 1.807) is 19.5 Å². The fraction of sp³-hybridized carbons (Fsp3) is 0.467. The van der Waals surface area contributed by atoms with Gasteiger partial charge in [0.25, 0.3) is 0 Å². The number of hydrogen-bond donors (Lipinski definition) is 3. The Balaban J connectivity index is 2.15. The lowest BCUT2D eigenvalue weighted by Crippen LogP contribution is -2.29. The second-order valence-corrected chi connectivity index (χ2v) is 4.91. The highest BCUT2D eigenvalue weighted by molar-refractivity contribution is 6.09. The van der Waals surface area contributed by atoms with Crippen molar-refractivity contribution < 1.29 is 4.74 Å². The van der Waals surface area contributed by atoms with Gasteiger partial charge in [-0.2, -0.15) is 0 Å². The number of allylic oxidation sites excluding steroid dienone is 1. The number of methoxy groups -OCH3 is 1. The van der Waals surface area contributed by atoms with Gasteiger partial charge < -0.3 is 21.1 Å². The van der Waals surface area contributed by atoms with Gasteiger partial charge in [-0.05, 0) is 32.0 Å². The minimum atomic E-state index is 0.368. The van der Waals surface area contributed by atoms with E-state index < -0.39 is 0 Å². The van der Waals surface area contributed by atoms with Crippen molar-refractivity contribution in [3.63, 3.8) is 0 Å². The van der Waals surface area contributed by atoms with Crippen LogP contribution in [-0.2, 0) is 0 Å². The van der Waals surface area contributed by atoms with Crippen LogP contribution in [0.15, 0.2) is 23.5 Å². The van der Waals surface area contributed by atoms with Crippen LogP contribution in [0.2, 0.25) is 0 Å². The summed E-state index contributed by atoms with van der Waals surface area (Å²) >= 11 is 0. The van der Waals surface area contributed by atoms with E-state index in [1.807, 2.05) is 19.3 Å². The Morgan fingerprint density at radius 2 is 2.29 bits per heavy atom. The van der Waals surface area contributed by atoms with Gasteiger partial charge in [0.15, 0.2) is 11.6 Å². The number of anilines is 1. The third-order valence-corrected chi connectivity index (χ3v) is 3.56. The van der Waals surface area contributed by atoms with Crippen molar-refractivity contribution >= 4 is 17.6 Å². The van der Waals surface area contributed by atoms with Crippen LogP contribution in [0.3, 0.4) is 0 Å². The van der Waals surface area contributed by atoms with Gasteiger partial charge in [-0.1, -0.05) is 0 Å². The molecule has 0 bridgehead atoms. The van der Waals surface area contributed by atoms with Gasteiger partial charge in [0.05, 0.1) is 13.2 Å². The van der Waals surface area contributed by atoms with E-state index in [9.17, 15) is 0 Å². The summed E-state index contributed by atoms with van der Waals surface area (Å²) in [4.78, 5) is 8.96. The molecule has 0 spiro atoms. The number of nitrogens with two attached hydrogens (primary N) is 1. The number of aromatic nitrogens is 1. The van der Waals surface area contributed by atoms with Crippen LogP contribution in [0.25, 0.3) is 5.57 Å². The van der Waals surface area contributed by atoms with E-state index in [1.165, 1.54) is 0 Å². The molecule has 0 atom stereocenters. The summed E-state index contributed by atoms with van der Waals surface area (Å²) < 4.78 is 5.32. The van der Waals surface area contributed by atoms with E-state index in [0.717, 1.165) is 37.1 Å². The first-order valence-electron chi connectivity index (χ1n) is 7.16. The first kappa shape index (κ1) is 15.3. The summed E-state index contributed by atoms with van der Waals surface area (Å²) in [6.07, 6.45) is 7.29. The lowest BCUT2D eigenvalue weighted by Gasteiger charge is -2.18. The van der Waals surface area contributed by atoms with Gasteiger partial charge in [-0.3, -0.25) is 4.99 Å². The molecule has 2 rings (SSSR count). The molecule has 0 amide bonds. The molecule has 114 valence electrons. The first-order chi connectivity index (χ1) is 10.3. The van der Waals surface area contributed by atoms with Gasteiger partial charge in [0, 0.05) is 36.8 Å². The Kier molecular flexibility index (Phi) is 5.57. The molecule has 1 aliphatic heterocycles. The zero-order valence-electron chi connectivity index (χ0n) is 12.6. The van der Waals surface area contributed by atoms with Crippen LogP contribution in [0.1, 0.15) is 18.4 Å². The third-order valence-electron chi connectivity index (χ3n) is 3.56. The molecule has 0 aromatic carbocycles. The highest BCUT2D eigenvalue weighted by atomic mass is 16.5. The van der Waals surface area contributed by atoms with Crippen LogP contribution in [-0.4, -0.2) is 44.5 Å². The standard InChI is InChI=1S/C15H23N5O/c1-17-15-14(21-2)7-11(9-20-15)12(8-16)10-19-13-3-5-18-6-4-13/h7-10,13,18H,3-6,16H2,1-2H3,(H,17,20). The zero-order chi connectivity index (χ0) is 15.1. The van der Waals surface area contributed by atoms with Crippen molar-refractivity contribution in [2.45, 2.75) is 18.9 Å². The fourth-order valence-corrected chi connectivity index (χ4v) is 2.30. The summed E-state index contributed by atoms with van der Waals surface area (Å²) in [5.41, 5.74) is 7.48. The van der Waals surface area contributed by atoms with Crippen molar-refractivity contribution in [2.24, 2.45) is 10.7 Å². The zero-order valence-corrected chi connectivity index (χ0v) is 12.6. The summed E-state index contributed by atoms with van der Waals surface area (Å²) in [6.45, 7) is 2.05. The number of piperidine rings is 1. The van der Waals surface area contributed by atoms with Crippen LogP contribution < -0.4 is 21.1 Å². The van der Waals surface area contributed by atoms with Crippen molar-refractivity contribution in [1.82, 2.24) is 10.3 Å². The Bertz CT molecular complexity index is 521. The van der Waals surface area contributed by atoms with Crippen molar-refractivity contribution in [1.29, 1.82) is 0 Å². The van der Waals surface area contributed by atoms with Gasteiger partial charge in [-0.25, -0.2) is 4.98 Å². The average molecular weight is 289 g/mol. The lowest BCUT2D eigenvalue weighted by molar-refractivity contribution is 0.415. The summed E-state index contributed by atoms with van der Waals surface area (Å²) in [7, 11) is 3.43. The predicted molar refractivity (Wildman–Crippen MR) is 86.9 cm³/mol. The molecule has 1 aromatic rings. The smallest absolute Gasteiger partial charge is 0.168 e. The van der Waals surface area contributed by atoms with Crippen molar-refractivity contribution in [2.75, 3.05) is 32.6 Å². The molecule has 2 heterocycles. The molecule has 0 unspecified atom stereocenters. The number of rotatable bonds is 5. The monoisotopic (exact) mass is 289 g/mol. The maximum absolute atomic E-state index is 5.73. The molecule has 21 heavy (non-hydrogen) atoms. The highest BCUT2D eigenvalue weighted by Crippen LogP contribution is 2.25. The van der Waals surface area contributed by atoms with E-state index in [2.05, 4.69) is 20.6 Å². The molecule has 1 fully saturated rings. The first-order valence-corrected chi connectivity index (χ1v) is 7.16.